The van der Waals surface area contributed by atoms with Crippen LogP contribution in [0.5, 0.6) is 0 Å². The Balaban J connectivity index is 2.77. The fourth-order valence-corrected chi connectivity index (χ4v) is 2.46. The van der Waals surface area contributed by atoms with Crippen LogP contribution in [-0.2, 0) is 9.59 Å². The van der Waals surface area contributed by atoms with Crippen molar-refractivity contribution in [2.24, 2.45) is 11.3 Å². The van der Waals surface area contributed by atoms with E-state index >= 15 is 0 Å². The minimum Gasteiger partial charge on any atom is -0.480 e. The van der Waals surface area contributed by atoms with Gasteiger partial charge in [-0.05, 0) is 31.6 Å². The molecule has 0 spiro atoms. The first-order chi connectivity index (χ1) is 9.40. The highest BCUT2D eigenvalue weighted by atomic mass is 19.4. The van der Waals surface area contributed by atoms with Crippen LogP contribution in [0.25, 0.3) is 0 Å². The van der Waals surface area contributed by atoms with Crippen molar-refractivity contribution >= 4 is 11.9 Å². The molecular weight excluding hydrogens is 287 g/mol. The van der Waals surface area contributed by atoms with Crippen LogP contribution in [0.15, 0.2) is 0 Å². The molecule has 0 bridgehead atoms. The van der Waals surface area contributed by atoms with Gasteiger partial charge in [0.15, 0.2) is 0 Å². The number of aliphatic carboxylic acids is 1. The molecule has 1 fully saturated rings. The minimum absolute atomic E-state index is 0.252. The third-order valence-corrected chi connectivity index (χ3v) is 4.29. The van der Waals surface area contributed by atoms with Crippen molar-refractivity contribution in [2.45, 2.75) is 64.6 Å². The van der Waals surface area contributed by atoms with E-state index in [1.165, 1.54) is 0 Å². The van der Waals surface area contributed by atoms with Crippen LogP contribution < -0.4 is 5.32 Å². The molecule has 0 aliphatic heterocycles. The van der Waals surface area contributed by atoms with Crippen molar-refractivity contribution < 1.29 is 27.9 Å². The smallest absolute Gasteiger partial charge is 0.394 e. The first-order valence-electron chi connectivity index (χ1n) is 7.01. The second-order valence-corrected chi connectivity index (χ2v) is 6.68. The summed E-state index contributed by atoms with van der Waals surface area (Å²) in [4.78, 5) is 23.3. The van der Waals surface area contributed by atoms with E-state index in [4.69, 9.17) is 0 Å². The minimum atomic E-state index is -4.51. The maximum absolute atomic E-state index is 12.8. The number of carboxylic acid groups (broad SMARTS) is 1. The molecule has 0 aromatic carbocycles. The lowest BCUT2D eigenvalue weighted by atomic mass is 9.76. The first-order valence-corrected chi connectivity index (χ1v) is 7.01. The number of rotatable bonds is 4. The molecule has 1 saturated carbocycles. The van der Waals surface area contributed by atoms with Crippen LogP contribution >= 0.6 is 0 Å². The number of carboxylic acids is 1. The zero-order valence-corrected chi connectivity index (χ0v) is 12.5. The molecule has 1 aliphatic rings. The summed E-state index contributed by atoms with van der Waals surface area (Å²) in [6.45, 7) is 3.85. The third kappa shape index (κ3) is 4.11. The zero-order valence-electron chi connectivity index (χ0n) is 12.5. The lowest BCUT2D eigenvalue weighted by Gasteiger charge is -2.37. The average Bonchev–Trinajstić information content (AvgIpc) is 2.29. The maximum Gasteiger partial charge on any atom is 0.394 e. The van der Waals surface area contributed by atoms with E-state index in [-0.39, 0.29) is 12.8 Å². The Labute approximate surface area is 122 Å². The van der Waals surface area contributed by atoms with Crippen LogP contribution in [0.2, 0.25) is 0 Å². The Morgan fingerprint density at radius 3 is 2.10 bits per heavy atom. The molecule has 0 heterocycles. The monoisotopic (exact) mass is 309 g/mol. The lowest BCUT2D eigenvalue weighted by Crippen LogP contribution is -2.57. The number of nitrogens with one attached hydrogen (secondary N) is 1. The summed E-state index contributed by atoms with van der Waals surface area (Å²) in [5.41, 5.74) is -3.61. The third-order valence-electron chi connectivity index (χ3n) is 4.29. The number of carbonyl (C=O) groups excluding carboxylic acids is 1. The van der Waals surface area contributed by atoms with E-state index in [1.807, 2.05) is 6.92 Å². The number of halogens is 3. The number of carbonyl (C=O) groups is 2. The zero-order chi connectivity index (χ0) is 16.5. The van der Waals surface area contributed by atoms with Crippen molar-refractivity contribution in [3.63, 3.8) is 0 Å². The summed E-state index contributed by atoms with van der Waals surface area (Å²) in [5, 5.41) is 11.7. The number of hydrogen-bond acceptors (Lipinski definition) is 2. The summed E-state index contributed by atoms with van der Waals surface area (Å²) in [6.07, 6.45) is -3.52. The summed E-state index contributed by atoms with van der Waals surface area (Å²) < 4.78 is 38.3. The molecule has 0 saturated heterocycles. The first kappa shape index (κ1) is 17.8. The largest absolute Gasteiger partial charge is 0.480 e. The predicted molar refractivity (Wildman–Crippen MR) is 70.6 cm³/mol. The van der Waals surface area contributed by atoms with Gasteiger partial charge in [-0.2, -0.15) is 13.2 Å². The fourth-order valence-electron chi connectivity index (χ4n) is 2.46. The Hall–Kier alpha value is -1.27. The summed E-state index contributed by atoms with van der Waals surface area (Å²) in [7, 11) is 0. The molecule has 1 amide bonds. The van der Waals surface area contributed by atoms with Gasteiger partial charge in [-0.1, -0.05) is 20.8 Å². The molecule has 4 nitrogen and oxygen atoms in total. The van der Waals surface area contributed by atoms with Gasteiger partial charge >= 0.3 is 12.1 Å². The molecule has 1 aliphatic carbocycles. The summed E-state index contributed by atoms with van der Waals surface area (Å²) in [6, 6.07) is 0. The quantitative estimate of drug-likeness (QED) is 0.838. The van der Waals surface area contributed by atoms with Crippen LogP contribution in [-0.4, -0.2) is 28.7 Å². The normalized spacial score (nSPS) is 27.2. The number of alkyl halides is 3. The second kappa shape index (κ2) is 5.85. The lowest BCUT2D eigenvalue weighted by molar-refractivity contribution is -0.214. The molecule has 0 aromatic rings. The van der Waals surface area contributed by atoms with Crippen molar-refractivity contribution in [2.75, 3.05) is 0 Å². The van der Waals surface area contributed by atoms with E-state index in [1.54, 1.807) is 0 Å². The van der Waals surface area contributed by atoms with Crippen molar-refractivity contribution in [1.29, 1.82) is 0 Å². The maximum atomic E-state index is 12.8. The molecule has 0 atom stereocenters. The van der Waals surface area contributed by atoms with Crippen LogP contribution in [0.3, 0.4) is 0 Å². The highest BCUT2D eigenvalue weighted by Gasteiger charge is 2.50. The van der Waals surface area contributed by atoms with Crippen LogP contribution in [0.1, 0.15) is 52.9 Å². The van der Waals surface area contributed by atoms with Crippen molar-refractivity contribution in [3.05, 3.63) is 0 Å². The molecule has 122 valence electrons. The summed E-state index contributed by atoms with van der Waals surface area (Å²) >= 11 is 0. The Morgan fingerprint density at radius 1 is 1.24 bits per heavy atom. The molecule has 0 unspecified atom stereocenters. The van der Waals surface area contributed by atoms with Gasteiger partial charge in [0, 0.05) is 6.42 Å². The van der Waals surface area contributed by atoms with Crippen molar-refractivity contribution in [3.8, 4) is 0 Å². The highest BCUT2D eigenvalue weighted by Crippen LogP contribution is 2.40. The van der Waals surface area contributed by atoms with Gasteiger partial charge in [0.1, 0.15) is 5.54 Å². The molecule has 2 N–H and O–H groups in total. The van der Waals surface area contributed by atoms with Gasteiger partial charge < -0.3 is 10.4 Å². The predicted octanol–water partition coefficient (Wildman–Crippen LogP) is 3.11. The van der Waals surface area contributed by atoms with E-state index in [0.717, 1.165) is 13.8 Å². The molecule has 0 radical (unpaired) electrons. The average molecular weight is 309 g/mol. The van der Waals surface area contributed by atoms with Crippen molar-refractivity contribution in [1.82, 2.24) is 5.32 Å². The topological polar surface area (TPSA) is 66.4 Å². The molecule has 7 heteroatoms. The second-order valence-electron chi connectivity index (χ2n) is 6.68. The number of hydrogen-bond donors (Lipinski definition) is 2. The summed E-state index contributed by atoms with van der Waals surface area (Å²) in [5.74, 6) is -1.68. The van der Waals surface area contributed by atoms with E-state index in [2.05, 4.69) is 5.32 Å². The van der Waals surface area contributed by atoms with Gasteiger partial charge in [-0.15, -0.1) is 0 Å². The van der Waals surface area contributed by atoms with E-state index in [9.17, 15) is 27.9 Å². The Kier molecular flexibility index (Phi) is 4.95. The van der Waals surface area contributed by atoms with E-state index in [0.29, 0.717) is 18.8 Å². The van der Waals surface area contributed by atoms with Crippen LogP contribution in [0, 0.1) is 11.3 Å². The Bertz CT molecular complexity index is 410. The van der Waals surface area contributed by atoms with Crippen LogP contribution in [0.4, 0.5) is 13.2 Å². The van der Waals surface area contributed by atoms with Gasteiger partial charge in [0.25, 0.3) is 0 Å². The van der Waals surface area contributed by atoms with Gasteiger partial charge in [-0.3, -0.25) is 4.79 Å². The molecule has 21 heavy (non-hydrogen) atoms. The fraction of sp³-hybridized carbons (Fsp3) is 0.857. The Morgan fingerprint density at radius 2 is 1.71 bits per heavy atom. The SMILES string of the molecule is CC1CCC(NC(=O)CC(C)(C)C(F)(F)F)(C(=O)O)CC1. The molecule has 1 rings (SSSR count). The molecular formula is C14H22F3NO3. The number of amides is 1. The van der Waals surface area contributed by atoms with E-state index < -0.39 is 35.4 Å². The van der Waals surface area contributed by atoms with Gasteiger partial charge in [-0.25, -0.2) is 4.79 Å². The highest BCUT2D eigenvalue weighted by molar-refractivity contribution is 5.87. The molecule has 0 aromatic heterocycles. The standard InChI is InChI=1S/C14H22F3NO3/c1-9-4-6-13(7-5-9,11(20)21)18-10(19)8-12(2,3)14(15,16)17/h9H,4-8H2,1-3H3,(H,18,19)(H,20,21). The van der Waals surface area contributed by atoms with Gasteiger partial charge in [0.2, 0.25) is 5.91 Å². The van der Waals surface area contributed by atoms with Gasteiger partial charge in [0.05, 0.1) is 5.41 Å².